The third-order valence-electron chi connectivity index (χ3n) is 3.07. The van der Waals surface area contributed by atoms with E-state index < -0.39 is 0 Å². The van der Waals surface area contributed by atoms with Gasteiger partial charge in [0, 0.05) is 22.3 Å². The molecule has 0 aliphatic heterocycles. The van der Waals surface area contributed by atoms with Gasteiger partial charge in [-0.1, -0.05) is 17.7 Å². The van der Waals surface area contributed by atoms with Crippen molar-refractivity contribution in [3.05, 3.63) is 65.8 Å². The number of nitrogens with zero attached hydrogens (tertiary/aromatic N) is 1. The van der Waals surface area contributed by atoms with Crippen molar-refractivity contribution < 1.29 is 9.53 Å². The minimum absolute atomic E-state index is 0.0611. The van der Waals surface area contributed by atoms with Crippen LogP contribution in [0.3, 0.4) is 0 Å². The summed E-state index contributed by atoms with van der Waals surface area (Å²) in [5, 5.41) is 4.34. The quantitative estimate of drug-likeness (QED) is 0.794. The summed E-state index contributed by atoms with van der Waals surface area (Å²) in [4.78, 5) is 16.1. The maximum absolute atomic E-state index is 11.9. The fourth-order valence-corrected chi connectivity index (χ4v) is 2.15. The first-order chi connectivity index (χ1) is 10.7. The van der Waals surface area contributed by atoms with E-state index >= 15 is 0 Å². The molecular weight excluding hydrogens is 300 g/mol. The molecule has 0 radical (unpaired) electrons. The van der Waals surface area contributed by atoms with Crippen molar-refractivity contribution >= 4 is 34.1 Å². The second-order valence-electron chi connectivity index (χ2n) is 4.70. The predicted molar refractivity (Wildman–Crippen MR) is 87.3 cm³/mol. The number of amides is 1. The van der Waals surface area contributed by atoms with Gasteiger partial charge in [-0.3, -0.25) is 9.78 Å². The molecule has 3 aromatic rings. The Bertz CT molecular complexity index is 803. The number of pyridine rings is 1. The van der Waals surface area contributed by atoms with Gasteiger partial charge < -0.3 is 10.1 Å². The molecule has 22 heavy (non-hydrogen) atoms. The van der Waals surface area contributed by atoms with Crippen LogP contribution >= 0.6 is 11.6 Å². The lowest BCUT2D eigenvalue weighted by Crippen LogP contribution is -2.20. The monoisotopic (exact) mass is 312 g/mol. The van der Waals surface area contributed by atoms with Gasteiger partial charge in [0.1, 0.15) is 5.75 Å². The second kappa shape index (κ2) is 6.45. The van der Waals surface area contributed by atoms with E-state index in [9.17, 15) is 4.79 Å². The molecule has 0 bridgehead atoms. The van der Waals surface area contributed by atoms with Crippen LogP contribution in [0.4, 0.5) is 5.69 Å². The van der Waals surface area contributed by atoms with Crippen molar-refractivity contribution in [2.24, 2.45) is 0 Å². The summed E-state index contributed by atoms with van der Waals surface area (Å²) in [7, 11) is 0. The van der Waals surface area contributed by atoms with E-state index in [0.29, 0.717) is 16.5 Å². The molecule has 0 fully saturated rings. The van der Waals surface area contributed by atoms with Gasteiger partial charge in [-0.25, -0.2) is 0 Å². The van der Waals surface area contributed by atoms with Crippen molar-refractivity contribution in [2.45, 2.75) is 0 Å². The predicted octanol–water partition coefficient (Wildman–Crippen LogP) is 3.91. The number of halogens is 1. The Morgan fingerprint density at radius 3 is 2.77 bits per heavy atom. The highest BCUT2D eigenvalue weighted by Crippen LogP contribution is 2.19. The molecule has 3 rings (SSSR count). The van der Waals surface area contributed by atoms with Gasteiger partial charge in [-0.2, -0.15) is 0 Å². The summed E-state index contributed by atoms with van der Waals surface area (Å²) in [6.07, 6.45) is 1.74. The number of aromatic nitrogens is 1. The summed E-state index contributed by atoms with van der Waals surface area (Å²) >= 11 is 5.79. The van der Waals surface area contributed by atoms with Crippen LogP contribution in [0, 0.1) is 0 Å². The first-order valence-electron chi connectivity index (χ1n) is 6.74. The van der Waals surface area contributed by atoms with Crippen molar-refractivity contribution in [3.63, 3.8) is 0 Å². The Balaban J connectivity index is 1.60. The molecule has 0 atom stereocenters. The van der Waals surface area contributed by atoms with E-state index in [0.717, 1.165) is 10.9 Å². The Morgan fingerprint density at radius 2 is 1.95 bits per heavy atom. The molecule has 5 heteroatoms. The largest absolute Gasteiger partial charge is 0.484 e. The summed E-state index contributed by atoms with van der Waals surface area (Å²) in [6.45, 7) is -0.0611. The van der Waals surface area contributed by atoms with Crippen LogP contribution in [0.2, 0.25) is 5.02 Å². The van der Waals surface area contributed by atoms with Gasteiger partial charge >= 0.3 is 0 Å². The third kappa shape index (κ3) is 3.54. The molecule has 1 aromatic heterocycles. The number of rotatable bonds is 4. The van der Waals surface area contributed by atoms with Gasteiger partial charge in [0.15, 0.2) is 6.61 Å². The lowest BCUT2D eigenvalue weighted by Gasteiger charge is -2.08. The molecule has 0 spiro atoms. The number of carbonyl (C=O) groups excluding carboxylic acids is 1. The maximum Gasteiger partial charge on any atom is 0.262 e. The number of hydrogen-bond acceptors (Lipinski definition) is 3. The molecule has 110 valence electrons. The van der Waals surface area contributed by atoms with E-state index in [-0.39, 0.29) is 12.5 Å². The topological polar surface area (TPSA) is 51.2 Å². The standard InChI is InChI=1S/C17H13ClN2O2/c18-13-3-5-14(6-4-13)20-17(21)11-22-15-7-8-16-12(10-15)2-1-9-19-16/h1-10H,11H2,(H,20,21). The van der Waals surface area contributed by atoms with Crippen LogP contribution < -0.4 is 10.1 Å². The smallest absolute Gasteiger partial charge is 0.262 e. The van der Waals surface area contributed by atoms with Crippen molar-refractivity contribution in [3.8, 4) is 5.75 Å². The molecule has 1 N–H and O–H groups in total. The first kappa shape index (κ1) is 14.4. The molecular formula is C17H13ClN2O2. The highest BCUT2D eigenvalue weighted by Gasteiger charge is 2.04. The molecule has 0 unspecified atom stereocenters. The Kier molecular flexibility index (Phi) is 4.21. The van der Waals surface area contributed by atoms with Crippen molar-refractivity contribution in [2.75, 3.05) is 11.9 Å². The molecule has 4 nitrogen and oxygen atoms in total. The average Bonchev–Trinajstić information content (AvgIpc) is 2.55. The normalized spacial score (nSPS) is 10.4. The molecule has 1 amide bonds. The van der Waals surface area contributed by atoms with E-state index in [1.165, 1.54) is 0 Å². The van der Waals surface area contributed by atoms with Crippen LogP contribution in [0.1, 0.15) is 0 Å². The van der Waals surface area contributed by atoms with Crippen LogP contribution in [0.25, 0.3) is 10.9 Å². The van der Waals surface area contributed by atoms with Gasteiger partial charge in [-0.05, 0) is 48.5 Å². The highest BCUT2D eigenvalue weighted by molar-refractivity contribution is 6.30. The summed E-state index contributed by atoms with van der Waals surface area (Å²) in [5.41, 5.74) is 1.57. The number of anilines is 1. The average molecular weight is 313 g/mol. The lowest BCUT2D eigenvalue weighted by molar-refractivity contribution is -0.118. The molecule has 0 saturated heterocycles. The van der Waals surface area contributed by atoms with Gasteiger partial charge in [0.05, 0.1) is 5.52 Å². The minimum atomic E-state index is -0.228. The minimum Gasteiger partial charge on any atom is -0.484 e. The van der Waals surface area contributed by atoms with Crippen LogP contribution in [-0.2, 0) is 4.79 Å². The SMILES string of the molecule is O=C(COc1ccc2ncccc2c1)Nc1ccc(Cl)cc1. The summed E-state index contributed by atoms with van der Waals surface area (Å²) in [6, 6.07) is 16.2. The summed E-state index contributed by atoms with van der Waals surface area (Å²) < 4.78 is 5.51. The summed E-state index contributed by atoms with van der Waals surface area (Å²) in [5.74, 6) is 0.403. The number of ether oxygens (including phenoxy) is 1. The maximum atomic E-state index is 11.9. The lowest BCUT2D eigenvalue weighted by atomic mass is 10.2. The molecule has 0 aliphatic rings. The molecule has 1 heterocycles. The Labute approximate surface area is 132 Å². The van der Waals surface area contributed by atoms with E-state index in [1.807, 2.05) is 24.3 Å². The van der Waals surface area contributed by atoms with Crippen LogP contribution in [0.5, 0.6) is 5.75 Å². The third-order valence-corrected chi connectivity index (χ3v) is 3.32. The van der Waals surface area contributed by atoms with Gasteiger partial charge in [-0.15, -0.1) is 0 Å². The first-order valence-corrected chi connectivity index (χ1v) is 7.11. The van der Waals surface area contributed by atoms with Gasteiger partial charge in [0.2, 0.25) is 0 Å². The zero-order chi connectivity index (χ0) is 15.4. The van der Waals surface area contributed by atoms with Crippen molar-refractivity contribution in [1.29, 1.82) is 0 Å². The molecule has 2 aromatic carbocycles. The molecule has 0 aliphatic carbocycles. The fourth-order valence-electron chi connectivity index (χ4n) is 2.02. The number of nitrogens with one attached hydrogen (secondary N) is 1. The number of fused-ring (bicyclic) bond motifs is 1. The highest BCUT2D eigenvalue weighted by atomic mass is 35.5. The van der Waals surface area contributed by atoms with Crippen LogP contribution in [0.15, 0.2) is 60.8 Å². The number of hydrogen-bond donors (Lipinski definition) is 1. The van der Waals surface area contributed by atoms with Crippen molar-refractivity contribution in [1.82, 2.24) is 4.98 Å². The van der Waals surface area contributed by atoms with Crippen LogP contribution in [-0.4, -0.2) is 17.5 Å². The Hall–Kier alpha value is -2.59. The zero-order valence-corrected chi connectivity index (χ0v) is 12.4. The molecule has 0 saturated carbocycles. The number of carbonyl (C=O) groups is 1. The zero-order valence-electron chi connectivity index (χ0n) is 11.6. The number of benzene rings is 2. The van der Waals surface area contributed by atoms with E-state index in [1.54, 1.807) is 36.5 Å². The fraction of sp³-hybridized carbons (Fsp3) is 0.0588. The van der Waals surface area contributed by atoms with E-state index in [2.05, 4.69) is 10.3 Å². The van der Waals surface area contributed by atoms with Gasteiger partial charge in [0.25, 0.3) is 5.91 Å². The second-order valence-corrected chi connectivity index (χ2v) is 5.14. The van der Waals surface area contributed by atoms with E-state index in [4.69, 9.17) is 16.3 Å². The Morgan fingerprint density at radius 1 is 1.14 bits per heavy atom.